The van der Waals surface area contributed by atoms with Crippen LogP contribution in [0, 0.1) is 19.8 Å². The number of likely N-dealkylation sites (tertiary alicyclic amines) is 1. The summed E-state index contributed by atoms with van der Waals surface area (Å²) in [5, 5.41) is 3.90. The summed E-state index contributed by atoms with van der Waals surface area (Å²) in [6.07, 6.45) is 2.22. The Kier molecular flexibility index (Phi) is 5.23. The van der Waals surface area contributed by atoms with E-state index >= 15 is 0 Å². The van der Waals surface area contributed by atoms with Gasteiger partial charge in [0.25, 0.3) is 5.91 Å². The molecule has 5 nitrogen and oxygen atoms in total. The lowest BCUT2D eigenvalue weighted by Gasteiger charge is -2.30. The molecule has 2 aromatic rings. The highest BCUT2D eigenvalue weighted by Gasteiger charge is 2.23. The molecule has 3 rings (SSSR count). The van der Waals surface area contributed by atoms with Crippen molar-refractivity contribution < 1.29 is 4.79 Å². The fourth-order valence-electron chi connectivity index (χ4n) is 3.10. The van der Waals surface area contributed by atoms with Gasteiger partial charge in [-0.25, -0.2) is 9.97 Å². The Labute approximate surface area is 153 Å². The lowest BCUT2D eigenvalue weighted by molar-refractivity contribution is 0.0676. The maximum absolute atomic E-state index is 12.8. The molecule has 25 heavy (non-hydrogen) atoms. The molecule has 0 spiro atoms. The van der Waals surface area contributed by atoms with Gasteiger partial charge in [-0.2, -0.15) is 0 Å². The van der Waals surface area contributed by atoms with Crippen molar-refractivity contribution >= 4 is 29.0 Å². The number of hydrogen-bond donors (Lipinski definition) is 1. The van der Waals surface area contributed by atoms with Gasteiger partial charge in [-0.05, 0) is 50.3 Å². The van der Waals surface area contributed by atoms with Crippen LogP contribution in [0.2, 0.25) is 5.02 Å². The second-order valence-electron chi connectivity index (χ2n) is 6.77. The molecular weight excluding hydrogens is 336 g/mol. The van der Waals surface area contributed by atoms with Gasteiger partial charge in [-0.15, -0.1) is 0 Å². The van der Waals surface area contributed by atoms with E-state index < -0.39 is 0 Å². The van der Waals surface area contributed by atoms with Crippen molar-refractivity contribution in [3.63, 3.8) is 0 Å². The normalized spacial score (nSPS) is 17.4. The van der Waals surface area contributed by atoms with Gasteiger partial charge in [0.1, 0.15) is 17.3 Å². The average molecular weight is 359 g/mol. The average Bonchev–Trinajstić information content (AvgIpc) is 2.57. The van der Waals surface area contributed by atoms with Gasteiger partial charge in [-0.1, -0.05) is 24.6 Å². The van der Waals surface area contributed by atoms with Crippen LogP contribution in [0.5, 0.6) is 0 Å². The van der Waals surface area contributed by atoms with Gasteiger partial charge in [0.2, 0.25) is 0 Å². The number of rotatable bonds is 3. The van der Waals surface area contributed by atoms with Crippen LogP contribution in [0.4, 0.5) is 11.5 Å². The topological polar surface area (TPSA) is 58.1 Å². The maximum Gasteiger partial charge on any atom is 0.272 e. The van der Waals surface area contributed by atoms with Crippen LogP contribution in [0.15, 0.2) is 24.3 Å². The summed E-state index contributed by atoms with van der Waals surface area (Å²) in [5.74, 6) is 1.67. The summed E-state index contributed by atoms with van der Waals surface area (Å²) < 4.78 is 0. The minimum Gasteiger partial charge on any atom is -0.340 e. The first-order valence-corrected chi connectivity index (χ1v) is 8.98. The van der Waals surface area contributed by atoms with Crippen molar-refractivity contribution in [2.75, 3.05) is 18.4 Å². The van der Waals surface area contributed by atoms with Crippen molar-refractivity contribution in [3.05, 3.63) is 46.4 Å². The quantitative estimate of drug-likeness (QED) is 0.885. The van der Waals surface area contributed by atoms with Crippen molar-refractivity contribution in [3.8, 4) is 0 Å². The third-order valence-electron chi connectivity index (χ3n) is 4.45. The molecule has 1 aliphatic heterocycles. The van der Waals surface area contributed by atoms with E-state index in [0.717, 1.165) is 30.8 Å². The zero-order chi connectivity index (χ0) is 18.0. The molecule has 1 aromatic carbocycles. The number of piperidine rings is 1. The molecule has 1 N–H and O–H groups in total. The van der Waals surface area contributed by atoms with Crippen LogP contribution in [-0.4, -0.2) is 33.9 Å². The second-order valence-corrected chi connectivity index (χ2v) is 7.18. The molecule has 1 aliphatic rings. The minimum atomic E-state index is -0.0259. The first kappa shape index (κ1) is 17.7. The van der Waals surface area contributed by atoms with Gasteiger partial charge in [0, 0.05) is 29.9 Å². The number of carbonyl (C=O) groups excluding carboxylic acids is 1. The van der Waals surface area contributed by atoms with Gasteiger partial charge in [0.05, 0.1) is 0 Å². The molecule has 0 aliphatic carbocycles. The lowest BCUT2D eigenvalue weighted by atomic mass is 10.00. The predicted octanol–water partition coefficient (Wildman–Crippen LogP) is 4.36. The Hall–Kier alpha value is -2.14. The van der Waals surface area contributed by atoms with Crippen molar-refractivity contribution in [1.29, 1.82) is 0 Å². The zero-order valence-corrected chi connectivity index (χ0v) is 15.6. The highest BCUT2D eigenvalue weighted by atomic mass is 35.5. The van der Waals surface area contributed by atoms with E-state index in [1.807, 2.05) is 30.0 Å². The monoisotopic (exact) mass is 358 g/mol. The highest BCUT2D eigenvalue weighted by molar-refractivity contribution is 6.31. The summed E-state index contributed by atoms with van der Waals surface area (Å²) in [7, 11) is 0. The number of hydrogen-bond acceptors (Lipinski definition) is 4. The van der Waals surface area contributed by atoms with E-state index in [1.54, 1.807) is 13.0 Å². The van der Waals surface area contributed by atoms with E-state index in [1.165, 1.54) is 6.42 Å². The lowest BCUT2D eigenvalue weighted by Crippen LogP contribution is -2.39. The Bertz CT molecular complexity index is 793. The number of aryl methyl sites for hydroxylation is 2. The summed E-state index contributed by atoms with van der Waals surface area (Å²) >= 11 is 6.17. The van der Waals surface area contributed by atoms with E-state index in [4.69, 9.17) is 11.6 Å². The van der Waals surface area contributed by atoms with Crippen LogP contribution in [0.25, 0.3) is 0 Å². The first-order chi connectivity index (χ1) is 11.9. The molecule has 0 bridgehead atoms. The van der Waals surface area contributed by atoms with Gasteiger partial charge in [-0.3, -0.25) is 4.79 Å². The Morgan fingerprint density at radius 1 is 1.28 bits per heavy atom. The Morgan fingerprint density at radius 3 is 2.80 bits per heavy atom. The Balaban J connectivity index is 1.82. The Morgan fingerprint density at radius 2 is 2.08 bits per heavy atom. The minimum absolute atomic E-state index is 0.0259. The number of anilines is 2. The molecule has 1 atom stereocenters. The fourth-order valence-corrected chi connectivity index (χ4v) is 3.28. The molecular formula is C19H23ClN4O. The summed E-state index contributed by atoms with van der Waals surface area (Å²) in [6, 6.07) is 7.44. The largest absolute Gasteiger partial charge is 0.340 e. The molecule has 1 amide bonds. The molecule has 132 valence electrons. The second kappa shape index (κ2) is 7.40. The molecule has 2 heterocycles. The van der Waals surface area contributed by atoms with Crippen molar-refractivity contribution in [2.45, 2.75) is 33.6 Å². The number of aromatic nitrogens is 2. The van der Waals surface area contributed by atoms with E-state index in [0.29, 0.717) is 28.3 Å². The van der Waals surface area contributed by atoms with Crippen LogP contribution in [-0.2, 0) is 0 Å². The third-order valence-corrected chi connectivity index (χ3v) is 4.85. The smallest absolute Gasteiger partial charge is 0.272 e. The summed E-state index contributed by atoms with van der Waals surface area (Å²) in [6.45, 7) is 7.51. The SMILES string of the molecule is Cc1nc(Nc2ccc(C)c(Cl)c2)cc(C(=O)N2CCCC(C)C2)n1. The summed E-state index contributed by atoms with van der Waals surface area (Å²) in [5.41, 5.74) is 2.28. The molecule has 1 unspecified atom stereocenters. The highest BCUT2D eigenvalue weighted by Crippen LogP contribution is 2.23. The predicted molar refractivity (Wildman–Crippen MR) is 101 cm³/mol. The van der Waals surface area contributed by atoms with E-state index in [9.17, 15) is 4.79 Å². The third kappa shape index (κ3) is 4.28. The van der Waals surface area contributed by atoms with E-state index in [2.05, 4.69) is 22.2 Å². The van der Waals surface area contributed by atoms with Crippen LogP contribution in [0.1, 0.15) is 41.6 Å². The van der Waals surface area contributed by atoms with Gasteiger partial charge >= 0.3 is 0 Å². The zero-order valence-electron chi connectivity index (χ0n) is 14.8. The van der Waals surface area contributed by atoms with E-state index in [-0.39, 0.29) is 5.91 Å². The number of nitrogens with zero attached hydrogens (tertiary/aromatic N) is 3. The number of nitrogens with one attached hydrogen (secondary N) is 1. The number of amides is 1. The van der Waals surface area contributed by atoms with Crippen molar-refractivity contribution in [1.82, 2.24) is 14.9 Å². The molecule has 6 heteroatoms. The molecule has 1 saturated heterocycles. The summed E-state index contributed by atoms with van der Waals surface area (Å²) in [4.78, 5) is 23.4. The maximum atomic E-state index is 12.8. The van der Waals surface area contributed by atoms with Crippen LogP contribution < -0.4 is 5.32 Å². The van der Waals surface area contributed by atoms with Crippen LogP contribution >= 0.6 is 11.6 Å². The van der Waals surface area contributed by atoms with Crippen molar-refractivity contribution in [2.24, 2.45) is 5.92 Å². The van der Waals surface area contributed by atoms with Crippen LogP contribution in [0.3, 0.4) is 0 Å². The fraction of sp³-hybridized carbons (Fsp3) is 0.421. The number of halogens is 1. The van der Waals surface area contributed by atoms with Gasteiger partial charge in [0.15, 0.2) is 0 Å². The molecule has 0 radical (unpaired) electrons. The number of benzene rings is 1. The molecule has 0 saturated carbocycles. The molecule has 1 aromatic heterocycles. The molecule has 1 fully saturated rings. The first-order valence-electron chi connectivity index (χ1n) is 8.60. The van der Waals surface area contributed by atoms with Gasteiger partial charge < -0.3 is 10.2 Å². The standard InChI is InChI=1S/C19H23ClN4O/c1-12-5-4-8-24(11-12)19(25)17-10-18(22-14(3)21-17)23-15-7-6-13(2)16(20)9-15/h6-7,9-10,12H,4-5,8,11H2,1-3H3,(H,21,22,23). The number of carbonyl (C=O) groups is 1.